The molecule has 22 heavy (non-hydrogen) atoms. The molecule has 0 N–H and O–H groups in total. The molecule has 0 radical (unpaired) electrons. The van der Waals surface area contributed by atoms with Gasteiger partial charge in [-0.3, -0.25) is 0 Å². The van der Waals surface area contributed by atoms with Crippen LogP contribution in [0.4, 0.5) is 0 Å². The first-order valence-electron chi connectivity index (χ1n) is 6.46. The molecule has 0 spiro atoms. The number of benzene rings is 2. The van der Waals surface area contributed by atoms with Crippen LogP contribution in [-0.2, 0) is 0 Å². The van der Waals surface area contributed by atoms with Crippen LogP contribution < -0.4 is 0 Å². The maximum absolute atomic E-state index is 5.83. The molecule has 110 valence electrons. The van der Waals surface area contributed by atoms with Gasteiger partial charge in [0.25, 0.3) is 0 Å². The molecule has 0 bridgehead atoms. The molecule has 2 rings (SSSR count). The third-order valence-corrected chi connectivity index (χ3v) is 4.78. The van der Waals surface area contributed by atoms with Gasteiger partial charge in [0.2, 0.25) is 0 Å². The van der Waals surface area contributed by atoms with Crippen molar-refractivity contribution < 1.29 is 0 Å². The molecule has 0 aromatic heterocycles. The van der Waals surface area contributed by atoms with Crippen molar-refractivity contribution in [3.8, 4) is 23.7 Å². The van der Waals surface area contributed by atoms with E-state index in [0.717, 1.165) is 31.3 Å². The van der Waals surface area contributed by atoms with E-state index in [1.807, 2.05) is 48.5 Å². The minimum absolute atomic E-state index is 0.723. The molecule has 0 atom stereocenters. The van der Waals surface area contributed by atoms with Crippen LogP contribution in [0.3, 0.4) is 0 Å². The predicted molar refractivity (Wildman–Crippen MR) is 99.9 cm³/mol. The minimum atomic E-state index is 0.723. The third kappa shape index (κ3) is 6.73. The Morgan fingerprint density at radius 1 is 0.636 bits per heavy atom. The van der Waals surface area contributed by atoms with Crippen LogP contribution in [0.1, 0.15) is 0 Å². The molecule has 0 amide bonds. The number of hydrogen-bond donors (Lipinski definition) is 0. The van der Waals surface area contributed by atoms with Crippen molar-refractivity contribution >= 4 is 46.7 Å². The fraction of sp³-hybridized carbons (Fsp3) is 0.111. The number of rotatable bonds is 4. The van der Waals surface area contributed by atoms with Gasteiger partial charge in [-0.1, -0.05) is 35.0 Å². The van der Waals surface area contributed by atoms with E-state index in [2.05, 4.69) is 23.7 Å². The van der Waals surface area contributed by atoms with E-state index in [0.29, 0.717) is 0 Å². The summed E-state index contributed by atoms with van der Waals surface area (Å²) in [5.74, 6) is 13.3. The average Bonchev–Trinajstić information content (AvgIpc) is 2.53. The highest BCUT2D eigenvalue weighted by molar-refractivity contribution is 7.99. The topological polar surface area (TPSA) is 0 Å². The molecule has 0 aliphatic heterocycles. The van der Waals surface area contributed by atoms with Crippen LogP contribution in [0, 0.1) is 23.7 Å². The van der Waals surface area contributed by atoms with Gasteiger partial charge in [0.15, 0.2) is 0 Å². The lowest BCUT2D eigenvalue weighted by atomic mass is 10.4. The smallest absolute Gasteiger partial charge is 0.0604 e. The lowest BCUT2D eigenvalue weighted by Gasteiger charge is -1.96. The quantitative estimate of drug-likeness (QED) is 0.491. The highest BCUT2D eigenvalue weighted by Gasteiger charge is 1.92. The van der Waals surface area contributed by atoms with E-state index >= 15 is 0 Å². The summed E-state index contributed by atoms with van der Waals surface area (Å²) in [6.45, 7) is 0. The monoisotopic (exact) mass is 362 g/mol. The van der Waals surface area contributed by atoms with Gasteiger partial charge in [-0.2, -0.15) is 0 Å². The lowest BCUT2D eigenvalue weighted by molar-refractivity contribution is 1.46. The Labute approximate surface area is 150 Å². The summed E-state index contributed by atoms with van der Waals surface area (Å²) in [7, 11) is 0. The summed E-state index contributed by atoms with van der Waals surface area (Å²) in [6.07, 6.45) is 0. The Morgan fingerprint density at radius 2 is 1.00 bits per heavy atom. The van der Waals surface area contributed by atoms with Gasteiger partial charge in [-0.15, -0.1) is 23.5 Å². The second kappa shape index (κ2) is 9.78. The summed E-state index contributed by atoms with van der Waals surface area (Å²) in [4.78, 5) is 2.31. The molecule has 4 heteroatoms. The van der Waals surface area contributed by atoms with Crippen molar-refractivity contribution in [1.82, 2.24) is 0 Å². The van der Waals surface area contributed by atoms with Crippen molar-refractivity contribution in [1.29, 1.82) is 0 Å². The molecule has 0 saturated carbocycles. The molecular formula is C18H12Cl2S2. The predicted octanol–water partition coefficient (Wildman–Crippen LogP) is 5.88. The molecule has 0 nitrogen and oxygen atoms in total. The fourth-order valence-corrected chi connectivity index (χ4v) is 2.99. The van der Waals surface area contributed by atoms with Crippen LogP contribution in [-0.4, -0.2) is 11.5 Å². The Hall–Kier alpha value is -1.16. The van der Waals surface area contributed by atoms with Gasteiger partial charge in [0, 0.05) is 19.8 Å². The van der Waals surface area contributed by atoms with Crippen LogP contribution in [0.25, 0.3) is 0 Å². The second-order valence-electron chi connectivity index (χ2n) is 4.09. The minimum Gasteiger partial charge on any atom is -0.113 e. The SMILES string of the molecule is Clc1ccc(SCC#CC#CCSc2ccc(Cl)cc2)cc1. The van der Waals surface area contributed by atoms with Crippen molar-refractivity contribution in [2.45, 2.75) is 9.79 Å². The zero-order valence-electron chi connectivity index (χ0n) is 11.6. The zero-order chi connectivity index (χ0) is 15.6. The van der Waals surface area contributed by atoms with Gasteiger partial charge in [0.1, 0.15) is 0 Å². The van der Waals surface area contributed by atoms with E-state index in [4.69, 9.17) is 23.2 Å². The summed E-state index contributed by atoms with van der Waals surface area (Å²) < 4.78 is 0. The van der Waals surface area contributed by atoms with Gasteiger partial charge < -0.3 is 0 Å². The standard InChI is InChI=1S/C18H12Cl2S2/c19-15-5-9-17(10-6-15)21-13-3-1-2-4-14-22-18-11-7-16(20)8-12-18/h5-12H,13-14H2. The number of halogens is 2. The molecule has 0 heterocycles. The molecule has 2 aromatic carbocycles. The van der Waals surface area contributed by atoms with Gasteiger partial charge in [-0.05, 0) is 60.4 Å². The molecule has 0 aliphatic rings. The van der Waals surface area contributed by atoms with Gasteiger partial charge in [0.05, 0.1) is 11.5 Å². The highest BCUT2D eigenvalue weighted by Crippen LogP contribution is 2.20. The molecule has 0 aliphatic carbocycles. The van der Waals surface area contributed by atoms with Crippen molar-refractivity contribution in [3.05, 3.63) is 58.6 Å². The summed E-state index contributed by atoms with van der Waals surface area (Å²) in [5.41, 5.74) is 0. The van der Waals surface area contributed by atoms with Crippen LogP contribution in [0.5, 0.6) is 0 Å². The number of hydrogen-bond acceptors (Lipinski definition) is 2. The highest BCUT2D eigenvalue weighted by atomic mass is 35.5. The van der Waals surface area contributed by atoms with Crippen molar-refractivity contribution in [2.75, 3.05) is 11.5 Å². The fourth-order valence-electron chi connectivity index (χ4n) is 1.46. The first-order valence-corrected chi connectivity index (χ1v) is 9.19. The van der Waals surface area contributed by atoms with E-state index < -0.39 is 0 Å². The number of thioether (sulfide) groups is 2. The summed E-state index contributed by atoms with van der Waals surface area (Å²) >= 11 is 15.0. The largest absolute Gasteiger partial charge is 0.113 e. The second-order valence-corrected chi connectivity index (χ2v) is 7.06. The van der Waals surface area contributed by atoms with Gasteiger partial charge >= 0.3 is 0 Å². The Morgan fingerprint density at radius 3 is 1.36 bits per heavy atom. The normalized spacial score (nSPS) is 9.36. The van der Waals surface area contributed by atoms with Crippen LogP contribution >= 0.6 is 46.7 Å². The first-order chi connectivity index (χ1) is 10.7. The summed E-state index contributed by atoms with van der Waals surface area (Å²) in [5, 5.41) is 1.50. The zero-order valence-corrected chi connectivity index (χ0v) is 14.8. The van der Waals surface area contributed by atoms with Crippen LogP contribution in [0.15, 0.2) is 58.3 Å². The first kappa shape index (κ1) is 17.2. The molecule has 0 fully saturated rings. The Bertz CT molecular complexity index is 649. The lowest BCUT2D eigenvalue weighted by Crippen LogP contribution is -1.75. The van der Waals surface area contributed by atoms with E-state index in [-0.39, 0.29) is 0 Å². The molecular weight excluding hydrogens is 351 g/mol. The Balaban J connectivity index is 1.68. The average molecular weight is 363 g/mol. The van der Waals surface area contributed by atoms with Crippen LogP contribution in [0.2, 0.25) is 10.0 Å². The van der Waals surface area contributed by atoms with Crippen molar-refractivity contribution in [3.63, 3.8) is 0 Å². The van der Waals surface area contributed by atoms with E-state index in [1.54, 1.807) is 23.5 Å². The summed E-state index contributed by atoms with van der Waals surface area (Å²) in [6, 6.07) is 15.5. The maximum Gasteiger partial charge on any atom is 0.0604 e. The van der Waals surface area contributed by atoms with Gasteiger partial charge in [-0.25, -0.2) is 0 Å². The molecule has 0 unspecified atom stereocenters. The Kier molecular flexibility index (Phi) is 7.64. The van der Waals surface area contributed by atoms with Crippen molar-refractivity contribution in [2.24, 2.45) is 0 Å². The van der Waals surface area contributed by atoms with E-state index in [9.17, 15) is 0 Å². The third-order valence-electron chi connectivity index (χ3n) is 2.49. The molecule has 0 saturated heterocycles. The maximum atomic E-state index is 5.83. The molecule has 2 aromatic rings. The van der Waals surface area contributed by atoms with E-state index in [1.165, 1.54) is 0 Å².